The zero-order valence-corrected chi connectivity index (χ0v) is 17.1. The number of Topliss-reactive ketones (excluding diaryl/α,β-unsaturated/α-hetero) is 1. The Morgan fingerprint density at radius 1 is 1.11 bits per heavy atom. The number of carbonyl (C=O) groups excluding carboxylic acids is 2. The summed E-state index contributed by atoms with van der Waals surface area (Å²) in [6, 6.07) is 4.54. The van der Waals surface area contributed by atoms with E-state index in [1.54, 1.807) is 12.1 Å². The summed E-state index contributed by atoms with van der Waals surface area (Å²) in [6.07, 6.45) is 7.17. The van der Waals surface area contributed by atoms with Crippen molar-refractivity contribution in [2.45, 2.75) is 70.8 Å². The quantitative estimate of drug-likeness (QED) is 0.768. The van der Waals surface area contributed by atoms with Gasteiger partial charge in [-0.1, -0.05) is 45.2 Å². The van der Waals surface area contributed by atoms with Crippen LogP contribution >= 0.6 is 0 Å². The van der Waals surface area contributed by atoms with Crippen LogP contribution in [0.2, 0.25) is 0 Å². The number of nitrogens with one attached hydrogen (secondary N) is 2. The van der Waals surface area contributed by atoms with Gasteiger partial charge in [-0.25, -0.2) is 4.39 Å². The first-order valence-electron chi connectivity index (χ1n) is 10.8. The molecule has 1 heterocycles. The first-order valence-corrected chi connectivity index (χ1v) is 10.8. The SMILES string of the molecule is CC(C)C(=O)C(NC(=O)c1cccc(C2CCCNC2)c1F)C1CCCCC1. The van der Waals surface area contributed by atoms with Gasteiger partial charge >= 0.3 is 0 Å². The molecule has 0 aromatic heterocycles. The Hall–Kier alpha value is -1.75. The lowest BCUT2D eigenvalue weighted by molar-refractivity contribution is -0.125. The Bertz CT molecular complexity index is 692. The van der Waals surface area contributed by atoms with Crippen LogP contribution in [0.3, 0.4) is 0 Å². The Morgan fingerprint density at radius 3 is 2.50 bits per heavy atom. The molecule has 2 atom stereocenters. The molecular weight excluding hydrogens is 355 g/mol. The van der Waals surface area contributed by atoms with E-state index < -0.39 is 17.8 Å². The molecule has 5 heteroatoms. The van der Waals surface area contributed by atoms with Crippen molar-refractivity contribution < 1.29 is 14.0 Å². The van der Waals surface area contributed by atoms with E-state index in [9.17, 15) is 9.59 Å². The standard InChI is InChI=1S/C23H33FN2O2/c1-15(2)22(27)21(16-8-4-3-5-9-16)26-23(28)19-12-6-11-18(20(19)24)17-10-7-13-25-14-17/h6,11-12,15-17,21,25H,3-5,7-10,13-14H2,1-2H3,(H,26,28). The van der Waals surface area contributed by atoms with Gasteiger partial charge in [0.2, 0.25) is 0 Å². The van der Waals surface area contributed by atoms with Crippen LogP contribution in [0, 0.1) is 17.7 Å². The summed E-state index contributed by atoms with van der Waals surface area (Å²) in [6.45, 7) is 5.42. The molecule has 1 amide bonds. The highest BCUT2D eigenvalue weighted by Crippen LogP contribution is 2.30. The average Bonchev–Trinajstić information content (AvgIpc) is 2.72. The van der Waals surface area contributed by atoms with Crippen molar-refractivity contribution in [2.24, 2.45) is 11.8 Å². The molecule has 1 aliphatic heterocycles. The molecule has 1 aliphatic carbocycles. The zero-order chi connectivity index (χ0) is 20.1. The predicted octanol–water partition coefficient (Wildman–Crippen LogP) is 4.20. The number of hydrogen-bond donors (Lipinski definition) is 2. The summed E-state index contributed by atoms with van der Waals surface area (Å²) in [4.78, 5) is 25.8. The van der Waals surface area contributed by atoms with Gasteiger partial charge in [0.15, 0.2) is 5.78 Å². The third-order valence-electron chi connectivity index (χ3n) is 6.29. The third-order valence-corrected chi connectivity index (χ3v) is 6.29. The van der Waals surface area contributed by atoms with E-state index in [2.05, 4.69) is 10.6 Å². The van der Waals surface area contributed by atoms with Gasteiger partial charge in [0.1, 0.15) is 5.82 Å². The number of rotatable bonds is 6. The van der Waals surface area contributed by atoms with Crippen LogP contribution in [-0.2, 0) is 4.79 Å². The largest absolute Gasteiger partial charge is 0.342 e. The van der Waals surface area contributed by atoms with Gasteiger partial charge in [0, 0.05) is 12.5 Å². The molecule has 1 aromatic carbocycles. The molecular formula is C23H33FN2O2. The van der Waals surface area contributed by atoms with Crippen molar-refractivity contribution in [3.8, 4) is 0 Å². The highest BCUT2D eigenvalue weighted by molar-refractivity contribution is 5.98. The van der Waals surface area contributed by atoms with E-state index in [1.807, 2.05) is 13.8 Å². The molecule has 3 rings (SSSR count). The van der Waals surface area contributed by atoms with Crippen LogP contribution in [0.4, 0.5) is 4.39 Å². The van der Waals surface area contributed by atoms with Gasteiger partial charge in [-0.3, -0.25) is 9.59 Å². The molecule has 2 N–H and O–H groups in total. The highest BCUT2D eigenvalue weighted by atomic mass is 19.1. The Morgan fingerprint density at radius 2 is 1.86 bits per heavy atom. The molecule has 0 bridgehead atoms. The molecule has 4 nitrogen and oxygen atoms in total. The van der Waals surface area contributed by atoms with Crippen molar-refractivity contribution in [1.29, 1.82) is 0 Å². The maximum atomic E-state index is 15.2. The lowest BCUT2D eigenvalue weighted by Gasteiger charge is -2.31. The molecule has 1 aromatic rings. The summed E-state index contributed by atoms with van der Waals surface area (Å²) in [7, 11) is 0. The summed E-state index contributed by atoms with van der Waals surface area (Å²) < 4.78 is 15.2. The number of amides is 1. The minimum absolute atomic E-state index is 0.0493. The van der Waals surface area contributed by atoms with Gasteiger partial charge in [-0.15, -0.1) is 0 Å². The van der Waals surface area contributed by atoms with E-state index in [1.165, 1.54) is 12.5 Å². The minimum Gasteiger partial charge on any atom is -0.342 e. The number of carbonyl (C=O) groups is 2. The molecule has 2 unspecified atom stereocenters. The van der Waals surface area contributed by atoms with E-state index in [0.717, 1.165) is 51.6 Å². The van der Waals surface area contributed by atoms with Crippen LogP contribution in [0.1, 0.15) is 80.6 Å². The summed E-state index contributed by atoms with van der Waals surface area (Å²) in [5.41, 5.74) is 0.657. The number of hydrogen-bond acceptors (Lipinski definition) is 3. The average molecular weight is 389 g/mol. The summed E-state index contributed by atoms with van der Waals surface area (Å²) >= 11 is 0. The lowest BCUT2D eigenvalue weighted by atomic mass is 9.80. The zero-order valence-electron chi connectivity index (χ0n) is 17.1. The van der Waals surface area contributed by atoms with Crippen molar-refractivity contribution in [3.63, 3.8) is 0 Å². The maximum Gasteiger partial charge on any atom is 0.254 e. The molecule has 154 valence electrons. The Balaban J connectivity index is 1.80. The van der Waals surface area contributed by atoms with Gasteiger partial charge in [0.05, 0.1) is 11.6 Å². The molecule has 0 radical (unpaired) electrons. The number of ketones is 1. The van der Waals surface area contributed by atoms with Crippen molar-refractivity contribution >= 4 is 11.7 Å². The molecule has 1 saturated heterocycles. The van der Waals surface area contributed by atoms with Gasteiger partial charge in [0.25, 0.3) is 5.91 Å². The predicted molar refractivity (Wildman–Crippen MR) is 109 cm³/mol. The lowest BCUT2D eigenvalue weighted by Crippen LogP contribution is -2.48. The highest BCUT2D eigenvalue weighted by Gasteiger charge is 2.33. The first-order chi connectivity index (χ1) is 13.5. The summed E-state index contributed by atoms with van der Waals surface area (Å²) in [5.74, 6) is -0.764. The number of benzene rings is 1. The van der Waals surface area contributed by atoms with Crippen LogP contribution < -0.4 is 10.6 Å². The fourth-order valence-corrected chi connectivity index (χ4v) is 4.62. The van der Waals surface area contributed by atoms with E-state index >= 15 is 4.39 Å². The van der Waals surface area contributed by atoms with Crippen LogP contribution in [0.25, 0.3) is 0 Å². The normalized spacial score (nSPS) is 22.1. The molecule has 2 aliphatic rings. The van der Waals surface area contributed by atoms with E-state index in [-0.39, 0.29) is 29.1 Å². The fraction of sp³-hybridized carbons (Fsp3) is 0.652. The topological polar surface area (TPSA) is 58.2 Å². The number of halogens is 1. The first kappa shape index (κ1) is 21.0. The van der Waals surface area contributed by atoms with Gasteiger partial charge < -0.3 is 10.6 Å². The number of piperidine rings is 1. The second-order valence-corrected chi connectivity index (χ2v) is 8.66. The third kappa shape index (κ3) is 4.80. The molecule has 0 spiro atoms. The van der Waals surface area contributed by atoms with Crippen LogP contribution in [-0.4, -0.2) is 30.8 Å². The minimum atomic E-state index is -0.521. The summed E-state index contributed by atoms with van der Waals surface area (Å²) in [5, 5.41) is 6.21. The van der Waals surface area contributed by atoms with Crippen molar-refractivity contribution in [2.75, 3.05) is 13.1 Å². The molecule has 1 saturated carbocycles. The second kappa shape index (κ2) is 9.64. The van der Waals surface area contributed by atoms with Crippen molar-refractivity contribution in [1.82, 2.24) is 10.6 Å². The molecule has 28 heavy (non-hydrogen) atoms. The monoisotopic (exact) mass is 388 g/mol. The second-order valence-electron chi connectivity index (χ2n) is 8.66. The Labute approximate surface area is 167 Å². The van der Waals surface area contributed by atoms with Gasteiger partial charge in [-0.2, -0.15) is 0 Å². The van der Waals surface area contributed by atoms with Gasteiger partial charge in [-0.05, 0) is 55.7 Å². The van der Waals surface area contributed by atoms with Crippen molar-refractivity contribution in [3.05, 3.63) is 35.1 Å². The molecule has 2 fully saturated rings. The van der Waals surface area contributed by atoms with E-state index in [0.29, 0.717) is 5.56 Å². The van der Waals surface area contributed by atoms with E-state index in [4.69, 9.17) is 0 Å². The van der Waals surface area contributed by atoms with Crippen LogP contribution in [0.5, 0.6) is 0 Å². The fourth-order valence-electron chi connectivity index (χ4n) is 4.62. The Kier molecular flexibility index (Phi) is 7.22. The van der Waals surface area contributed by atoms with Crippen LogP contribution in [0.15, 0.2) is 18.2 Å². The smallest absolute Gasteiger partial charge is 0.254 e. The maximum absolute atomic E-state index is 15.2.